The molecule has 0 unspecified atom stereocenters. The van der Waals surface area contributed by atoms with Gasteiger partial charge in [0.25, 0.3) is 0 Å². The fourth-order valence-corrected chi connectivity index (χ4v) is 1.87. The molecular weight excluding hydrogens is 252 g/mol. The first-order valence-corrected chi connectivity index (χ1v) is 6.36. The van der Waals surface area contributed by atoms with Crippen LogP contribution in [0.25, 0.3) is 0 Å². The van der Waals surface area contributed by atoms with Gasteiger partial charge >= 0.3 is 0 Å². The number of hydrogen-bond donors (Lipinski definition) is 2. The number of pyridine rings is 1. The van der Waals surface area contributed by atoms with Crippen LogP contribution in [0, 0.1) is 0 Å². The van der Waals surface area contributed by atoms with E-state index < -0.39 is 0 Å². The lowest BCUT2D eigenvalue weighted by molar-refractivity contribution is -0.117. The zero-order valence-corrected chi connectivity index (χ0v) is 11.4. The number of nitrogens with one attached hydrogen (secondary N) is 1. The predicted molar refractivity (Wildman–Crippen MR) is 80.1 cm³/mol. The monoisotopic (exact) mass is 270 g/mol. The minimum atomic E-state index is -0.0497. The molecule has 0 aliphatic carbocycles. The topological polar surface area (TPSA) is 71.2 Å². The Morgan fingerprint density at radius 2 is 1.85 bits per heavy atom. The van der Waals surface area contributed by atoms with Crippen molar-refractivity contribution in [1.82, 2.24) is 9.88 Å². The van der Waals surface area contributed by atoms with E-state index in [2.05, 4.69) is 10.3 Å². The van der Waals surface area contributed by atoms with Gasteiger partial charge in [0.05, 0.1) is 6.54 Å². The molecule has 104 valence electrons. The van der Waals surface area contributed by atoms with E-state index in [1.807, 2.05) is 24.1 Å². The van der Waals surface area contributed by atoms with Crippen molar-refractivity contribution in [2.45, 2.75) is 6.54 Å². The van der Waals surface area contributed by atoms with Crippen molar-refractivity contribution >= 4 is 17.3 Å². The Bertz CT molecular complexity index is 554. The molecule has 0 radical (unpaired) electrons. The highest BCUT2D eigenvalue weighted by Gasteiger charge is 2.07. The third-order valence-corrected chi connectivity index (χ3v) is 2.81. The minimum absolute atomic E-state index is 0.0497. The second kappa shape index (κ2) is 6.68. The van der Waals surface area contributed by atoms with Crippen LogP contribution < -0.4 is 11.1 Å². The first-order chi connectivity index (χ1) is 9.63. The van der Waals surface area contributed by atoms with Crippen LogP contribution >= 0.6 is 0 Å². The van der Waals surface area contributed by atoms with Gasteiger partial charge in [0.15, 0.2) is 0 Å². The van der Waals surface area contributed by atoms with Crippen molar-refractivity contribution in [1.29, 1.82) is 0 Å². The van der Waals surface area contributed by atoms with Crippen LogP contribution in [-0.4, -0.2) is 29.4 Å². The number of benzene rings is 1. The van der Waals surface area contributed by atoms with Crippen molar-refractivity contribution in [2.24, 2.45) is 0 Å². The summed E-state index contributed by atoms with van der Waals surface area (Å²) in [6.07, 6.45) is 3.50. The summed E-state index contributed by atoms with van der Waals surface area (Å²) in [6, 6.07) is 11.0. The number of aromatic nitrogens is 1. The zero-order chi connectivity index (χ0) is 14.4. The van der Waals surface area contributed by atoms with E-state index in [1.54, 1.807) is 36.7 Å². The van der Waals surface area contributed by atoms with Gasteiger partial charge < -0.3 is 11.1 Å². The summed E-state index contributed by atoms with van der Waals surface area (Å²) < 4.78 is 0. The SMILES string of the molecule is CN(CC(=O)Nc1ccc(N)cc1)Cc1ccncc1. The number of nitrogens with zero attached hydrogens (tertiary/aromatic N) is 2. The molecule has 5 heteroatoms. The van der Waals surface area contributed by atoms with Crippen molar-refractivity contribution in [3.05, 3.63) is 54.4 Å². The van der Waals surface area contributed by atoms with Crippen LogP contribution in [-0.2, 0) is 11.3 Å². The maximum Gasteiger partial charge on any atom is 0.238 e. The average molecular weight is 270 g/mol. The normalized spacial score (nSPS) is 10.5. The van der Waals surface area contributed by atoms with Crippen LogP contribution in [0.5, 0.6) is 0 Å². The van der Waals surface area contributed by atoms with E-state index in [0.29, 0.717) is 18.8 Å². The number of nitrogens with two attached hydrogens (primary N) is 1. The molecule has 0 atom stereocenters. The van der Waals surface area contributed by atoms with Gasteiger partial charge in [0, 0.05) is 30.3 Å². The van der Waals surface area contributed by atoms with Crippen molar-refractivity contribution in [3.63, 3.8) is 0 Å². The Kier molecular flexibility index (Phi) is 4.68. The number of carbonyl (C=O) groups is 1. The number of hydrogen-bond acceptors (Lipinski definition) is 4. The molecule has 0 saturated heterocycles. The highest BCUT2D eigenvalue weighted by molar-refractivity contribution is 5.92. The zero-order valence-electron chi connectivity index (χ0n) is 11.4. The van der Waals surface area contributed by atoms with E-state index in [1.165, 1.54) is 0 Å². The third-order valence-electron chi connectivity index (χ3n) is 2.81. The molecule has 20 heavy (non-hydrogen) atoms. The van der Waals surface area contributed by atoms with E-state index in [9.17, 15) is 4.79 Å². The third kappa shape index (κ3) is 4.37. The number of amides is 1. The van der Waals surface area contributed by atoms with Gasteiger partial charge in [0.1, 0.15) is 0 Å². The summed E-state index contributed by atoms with van der Waals surface area (Å²) in [6.45, 7) is 1.03. The second-order valence-electron chi connectivity index (χ2n) is 4.70. The molecule has 0 bridgehead atoms. The number of likely N-dealkylation sites (N-methyl/N-ethyl adjacent to an activating group) is 1. The fourth-order valence-electron chi connectivity index (χ4n) is 1.87. The summed E-state index contributed by atoms with van der Waals surface area (Å²) in [5.41, 5.74) is 8.16. The molecule has 2 aromatic rings. The average Bonchev–Trinajstić information content (AvgIpc) is 2.42. The summed E-state index contributed by atoms with van der Waals surface area (Å²) in [7, 11) is 1.91. The van der Waals surface area contributed by atoms with Crippen molar-refractivity contribution in [2.75, 3.05) is 24.6 Å². The lowest BCUT2D eigenvalue weighted by atomic mass is 10.2. The fraction of sp³-hybridized carbons (Fsp3) is 0.200. The Hall–Kier alpha value is -2.40. The maximum atomic E-state index is 11.9. The van der Waals surface area contributed by atoms with Crippen LogP contribution in [0.15, 0.2) is 48.8 Å². The Balaban J connectivity index is 1.83. The standard InChI is InChI=1S/C15H18N4O/c1-19(10-12-6-8-17-9-7-12)11-15(20)18-14-4-2-13(16)3-5-14/h2-9H,10-11,16H2,1H3,(H,18,20). The molecular formula is C15H18N4O. The molecule has 0 spiro atoms. The van der Waals surface area contributed by atoms with Gasteiger partial charge in [-0.2, -0.15) is 0 Å². The number of nitrogen functional groups attached to an aromatic ring is 1. The van der Waals surface area contributed by atoms with Crippen molar-refractivity contribution in [3.8, 4) is 0 Å². The van der Waals surface area contributed by atoms with Gasteiger partial charge in [-0.3, -0.25) is 14.7 Å². The van der Waals surface area contributed by atoms with E-state index in [-0.39, 0.29) is 5.91 Å². The molecule has 5 nitrogen and oxygen atoms in total. The molecule has 1 aromatic carbocycles. The molecule has 2 rings (SSSR count). The van der Waals surface area contributed by atoms with Gasteiger partial charge in [-0.05, 0) is 49.0 Å². The highest BCUT2D eigenvalue weighted by Crippen LogP contribution is 2.10. The Morgan fingerprint density at radius 3 is 2.50 bits per heavy atom. The molecule has 0 aliphatic heterocycles. The van der Waals surface area contributed by atoms with Crippen molar-refractivity contribution < 1.29 is 4.79 Å². The minimum Gasteiger partial charge on any atom is -0.399 e. The second-order valence-corrected chi connectivity index (χ2v) is 4.70. The predicted octanol–water partition coefficient (Wildman–Crippen LogP) is 1.73. The lowest BCUT2D eigenvalue weighted by Crippen LogP contribution is -2.29. The van der Waals surface area contributed by atoms with E-state index >= 15 is 0 Å². The summed E-state index contributed by atoms with van der Waals surface area (Å²) in [5.74, 6) is -0.0497. The Morgan fingerprint density at radius 1 is 1.20 bits per heavy atom. The highest BCUT2D eigenvalue weighted by atomic mass is 16.2. The van der Waals surface area contributed by atoms with Crippen LogP contribution in [0.3, 0.4) is 0 Å². The molecule has 1 aromatic heterocycles. The quantitative estimate of drug-likeness (QED) is 0.812. The van der Waals surface area contributed by atoms with E-state index in [0.717, 1.165) is 11.3 Å². The first-order valence-electron chi connectivity index (χ1n) is 6.36. The number of carbonyl (C=O) groups excluding carboxylic acids is 1. The molecule has 3 N–H and O–H groups in total. The summed E-state index contributed by atoms with van der Waals surface area (Å²) in [5, 5.41) is 2.84. The van der Waals surface area contributed by atoms with Gasteiger partial charge in [-0.1, -0.05) is 0 Å². The van der Waals surface area contributed by atoms with Gasteiger partial charge in [-0.25, -0.2) is 0 Å². The molecule has 1 amide bonds. The smallest absolute Gasteiger partial charge is 0.238 e. The van der Waals surface area contributed by atoms with Crippen LogP contribution in [0.2, 0.25) is 0 Å². The van der Waals surface area contributed by atoms with Gasteiger partial charge in [-0.15, -0.1) is 0 Å². The molecule has 1 heterocycles. The Labute approximate surface area is 118 Å². The summed E-state index contributed by atoms with van der Waals surface area (Å²) in [4.78, 5) is 17.8. The molecule has 0 aliphatic rings. The molecule has 0 fully saturated rings. The largest absolute Gasteiger partial charge is 0.399 e. The number of rotatable bonds is 5. The van der Waals surface area contributed by atoms with Crippen LogP contribution in [0.1, 0.15) is 5.56 Å². The number of anilines is 2. The molecule has 0 saturated carbocycles. The lowest BCUT2D eigenvalue weighted by Gasteiger charge is -2.16. The maximum absolute atomic E-state index is 11.9. The first kappa shape index (κ1) is 14.0. The van der Waals surface area contributed by atoms with Crippen LogP contribution in [0.4, 0.5) is 11.4 Å². The van der Waals surface area contributed by atoms with Gasteiger partial charge in [0.2, 0.25) is 5.91 Å². The van der Waals surface area contributed by atoms with E-state index in [4.69, 9.17) is 5.73 Å². The summed E-state index contributed by atoms with van der Waals surface area (Å²) >= 11 is 0.